The maximum atomic E-state index is 14.8. The number of aromatic nitrogens is 3. The van der Waals surface area contributed by atoms with E-state index in [9.17, 15) is 42.2 Å². The summed E-state index contributed by atoms with van der Waals surface area (Å²) in [4.78, 5) is 60.0. The first-order chi connectivity index (χ1) is 34.4. The van der Waals surface area contributed by atoms with Crippen molar-refractivity contribution in [2.45, 2.75) is 200 Å². The van der Waals surface area contributed by atoms with Gasteiger partial charge in [-0.1, -0.05) is 58.9 Å². The van der Waals surface area contributed by atoms with E-state index in [0.717, 1.165) is 6.26 Å². The zero-order valence-corrected chi connectivity index (χ0v) is 47.3. The maximum absolute atomic E-state index is 14.8. The Hall–Kier alpha value is -4.05. The van der Waals surface area contributed by atoms with Crippen LogP contribution in [-0.2, 0) is 59.1 Å². The van der Waals surface area contributed by atoms with Crippen LogP contribution in [0.3, 0.4) is 0 Å². The number of hydrogen-bond acceptors (Lipinski definition) is 16. The molecule has 74 heavy (non-hydrogen) atoms. The van der Waals surface area contributed by atoms with Crippen LogP contribution in [0.5, 0.6) is 0 Å². The number of halogens is 1. The molecule has 2 aromatic rings. The van der Waals surface area contributed by atoms with E-state index in [-0.39, 0.29) is 40.8 Å². The summed E-state index contributed by atoms with van der Waals surface area (Å²) >= 11 is 0. The largest absolute Gasteiger partial charge is 0.459 e. The molecule has 20 heteroatoms. The lowest BCUT2D eigenvalue weighted by Gasteiger charge is -2.49. The summed E-state index contributed by atoms with van der Waals surface area (Å²) in [6.45, 7) is 20.4. The number of alkyl halides is 1. The third-order valence-electron chi connectivity index (χ3n) is 15.5. The smallest absolute Gasteiger partial charge is 0.311 e. The Morgan fingerprint density at radius 2 is 1.74 bits per heavy atom. The minimum absolute atomic E-state index is 0.0530. The van der Waals surface area contributed by atoms with Crippen molar-refractivity contribution in [1.82, 2.24) is 19.9 Å². The zero-order chi connectivity index (χ0) is 55.6. The number of ether oxygens (including phenoxy) is 5. The second-order valence-corrected chi connectivity index (χ2v) is 24.2. The SMILES string of the molecule is CC[C@@H](OC(=O)[C@H](C)[C@@H](O)[C@H](C)[C@@H](O[C@@H]1O[C@H](C)C[C@H](N(C)CCc2cn([C@H](CF)[C@H](OC)c3ccc(S(C)(=O)=O)cc3)nn2)[C@H]1OC(C)=O)[C@]1(C)CCC(=O)CC[C@@H](C)[C@@H](C)/C(=N/C(C)=O)[C@H](C)C1)C(C)(C)O. The van der Waals surface area contributed by atoms with Gasteiger partial charge in [-0.05, 0) is 108 Å². The van der Waals surface area contributed by atoms with Crippen molar-refractivity contribution >= 4 is 39.2 Å². The fourth-order valence-corrected chi connectivity index (χ4v) is 11.6. The Balaban J connectivity index is 1.73. The summed E-state index contributed by atoms with van der Waals surface area (Å²) in [6, 6.07) is 4.65. The number of likely N-dealkylation sites (N-methyl/N-ethyl adjacent to an activating group) is 1. The van der Waals surface area contributed by atoms with Crippen LogP contribution in [0.1, 0.15) is 151 Å². The predicted octanol–water partition coefficient (Wildman–Crippen LogP) is 7.04. The zero-order valence-electron chi connectivity index (χ0n) is 46.4. The van der Waals surface area contributed by atoms with Gasteiger partial charge in [0.15, 0.2) is 22.2 Å². The highest BCUT2D eigenvalue weighted by Gasteiger charge is 2.50. The summed E-state index contributed by atoms with van der Waals surface area (Å²) in [5.74, 6) is -3.93. The fourth-order valence-electron chi connectivity index (χ4n) is 10.9. The number of carbonyl (C=O) groups excluding carboxylic acids is 4. The third kappa shape index (κ3) is 16.5. The van der Waals surface area contributed by atoms with Crippen LogP contribution >= 0.6 is 0 Å². The number of aliphatic hydroxyl groups excluding tert-OH is 1. The van der Waals surface area contributed by atoms with Gasteiger partial charge in [0, 0.05) is 70.8 Å². The van der Waals surface area contributed by atoms with E-state index in [1.165, 1.54) is 37.8 Å². The minimum Gasteiger partial charge on any atom is -0.459 e. The van der Waals surface area contributed by atoms with E-state index < -0.39 is 106 Å². The van der Waals surface area contributed by atoms with E-state index in [4.69, 9.17) is 23.7 Å². The summed E-state index contributed by atoms with van der Waals surface area (Å²) in [5, 5.41) is 31.7. The van der Waals surface area contributed by atoms with Crippen LogP contribution < -0.4 is 0 Å². The molecule has 1 aromatic carbocycles. The van der Waals surface area contributed by atoms with Gasteiger partial charge in [0.25, 0.3) is 0 Å². The summed E-state index contributed by atoms with van der Waals surface area (Å²) in [6.07, 6.45) is -1.08. The lowest BCUT2D eigenvalue weighted by Crippen LogP contribution is -2.59. The van der Waals surface area contributed by atoms with Crippen molar-refractivity contribution in [1.29, 1.82) is 0 Å². The number of methoxy groups -OCH3 is 1. The molecule has 2 heterocycles. The number of aliphatic imine (C=N–C) groups is 1. The number of benzene rings is 1. The molecule has 15 atom stereocenters. The van der Waals surface area contributed by atoms with E-state index in [1.807, 2.05) is 39.6 Å². The van der Waals surface area contributed by atoms with Gasteiger partial charge in [-0.15, -0.1) is 5.10 Å². The normalized spacial score (nSPS) is 28.1. The molecule has 2 N–H and O–H groups in total. The Morgan fingerprint density at radius 1 is 1.09 bits per heavy atom. The minimum atomic E-state index is -3.45. The number of hydrogen-bond donors (Lipinski definition) is 2. The van der Waals surface area contributed by atoms with Gasteiger partial charge in [0.05, 0.1) is 46.5 Å². The number of esters is 2. The van der Waals surface area contributed by atoms with Crippen molar-refractivity contribution in [3.63, 3.8) is 0 Å². The van der Waals surface area contributed by atoms with Gasteiger partial charge in [0.2, 0.25) is 5.91 Å². The van der Waals surface area contributed by atoms with Crippen LogP contribution in [0.4, 0.5) is 4.39 Å². The Labute approximate surface area is 438 Å². The van der Waals surface area contributed by atoms with Crippen LogP contribution in [-0.4, -0.2) is 150 Å². The lowest BCUT2D eigenvalue weighted by molar-refractivity contribution is -0.296. The first-order valence-corrected chi connectivity index (χ1v) is 28.0. The van der Waals surface area contributed by atoms with Gasteiger partial charge in [-0.25, -0.2) is 22.5 Å². The first kappa shape index (κ1) is 62.5. The van der Waals surface area contributed by atoms with Gasteiger partial charge < -0.3 is 33.9 Å². The molecular formula is C54H86FN5O13S. The van der Waals surface area contributed by atoms with Crippen LogP contribution in [0.25, 0.3) is 0 Å². The Morgan fingerprint density at radius 3 is 2.30 bits per heavy atom. The molecule has 18 nitrogen and oxygen atoms in total. The average Bonchev–Trinajstić information content (AvgIpc) is 3.80. The van der Waals surface area contributed by atoms with E-state index >= 15 is 0 Å². The van der Waals surface area contributed by atoms with Crippen molar-refractivity contribution < 1.29 is 65.9 Å². The number of nitrogens with zero attached hydrogens (tertiary/aromatic N) is 5. The number of amides is 1. The number of ketones is 1. The van der Waals surface area contributed by atoms with Gasteiger partial charge in [0.1, 0.15) is 30.7 Å². The topological polar surface area (TPSA) is 235 Å². The highest BCUT2D eigenvalue weighted by atomic mass is 32.2. The molecule has 0 unspecified atom stereocenters. The van der Waals surface area contributed by atoms with Crippen LogP contribution in [0.2, 0.25) is 0 Å². The van der Waals surface area contributed by atoms with Crippen molar-refractivity contribution in [2.75, 3.05) is 33.6 Å². The second-order valence-electron chi connectivity index (χ2n) is 22.2. The monoisotopic (exact) mass is 1060 g/mol. The maximum Gasteiger partial charge on any atom is 0.311 e. The Bertz CT molecular complexity index is 2320. The van der Waals surface area contributed by atoms with Gasteiger partial charge in [-0.2, -0.15) is 0 Å². The molecular weight excluding hydrogens is 978 g/mol. The van der Waals surface area contributed by atoms with E-state index in [2.05, 4.69) is 22.2 Å². The number of carbonyl (C=O) groups is 4. The van der Waals surface area contributed by atoms with Crippen molar-refractivity contribution in [3.8, 4) is 0 Å². The van der Waals surface area contributed by atoms with Gasteiger partial charge >= 0.3 is 11.9 Å². The van der Waals surface area contributed by atoms with Gasteiger partial charge in [-0.3, -0.25) is 24.1 Å². The third-order valence-corrected chi connectivity index (χ3v) is 16.6. The fraction of sp³-hybridized carbons (Fsp3) is 0.759. The summed E-state index contributed by atoms with van der Waals surface area (Å²) < 4.78 is 71.8. The van der Waals surface area contributed by atoms with Crippen molar-refractivity contribution in [3.05, 3.63) is 41.7 Å². The number of sulfone groups is 1. The standard InChI is InChI=1S/C54H86FN5O13S/c1-16-45(53(10,11)66)72-51(65)36(7)47(64)35(6)50(54(12)25-23-41(63)20-17-31(2)34(5)46(32(3)28-54)56-37(8)61)73-52-49(71-38(9)62)43(27-33(4)70-52)59(13)26-24-40-30-60(58-57-40)44(29-55)48(69-14)39-18-21-42(22-19-39)74(15,67)68/h18-19,21-22,30-36,43-45,47-50,52,64,66H,16-17,20,23-29H2,1-15H3/b56-46+/t31-,32-,33-,34-,35+,36-,43+,44-,45-,47+,48-,49-,50-,52+,54-/m1/s1. The molecule has 418 valence electrons. The summed E-state index contributed by atoms with van der Waals surface area (Å²) in [7, 11) is -0.141. The summed E-state index contributed by atoms with van der Waals surface area (Å²) in [5.41, 5.74) is -0.508. The first-order valence-electron chi connectivity index (χ1n) is 26.2. The quantitative estimate of drug-likeness (QED) is 0.119. The molecule has 2 fully saturated rings. The Kier molecular flexibility index (Phi) is 22.6. The lowest BCUT2D eigenvalue weighted by atomic mass is 9.66. The molecule has 2 aliphatic rings. The van der Waals surface area contributed by atoms with Crippen LogP contribution in [0.15, 0.2) is 40.4 Å². The molecule has 1 amide bonds. The number of Topliss-reactive ketones (excluding diaryl/α,β-unsaturated/α-hetero) is 1. The second kappa shape index (κ2) is 26.8. The molecule has 4 rings (SSSR count). The van der Waals surface area contributed by atoms with E-state index in [0.29, 0.717) is 68.5 Å². The van der Waals surface area contributed by atoms with Crippen molar-refractivity contribution in [2.24, 2.45) is 40.0 Å². The van der Waals surface area contributed by atoms with Crippen LogP contribution in [0, 0.1) is 35.0 Å². The molecule has 1 saturated heterocycles. The molecule has 1 saturated carbocycles. The molecule has 0 radical (unpaired) electrons. The molecule has 1 aromatic heterocycles. The average molecular weight is 1060 g/mol. The number of aliphatic hydroxyl groups is 2. The molecule has 1 aliphatic heterocycles. The molecule has 0 bridgehead atoms. The molecule has 0 spiro atoms. The van der Waals surface area contributed by atoms with E-state index in [1.54, 1.807) is 52.9 Å². The highest BCUT2D eigenvalue weighted by Crippen LogP contribution is 2.46. The molecule has 1 aliphatic carbocycles. The predicted molar refractivity (Wildman–Crippen MR) is 276 cm³/mol. The highest BCUT2D eigenvalue weighted by molar-refractivity contribution is 7.90. The number of rotatable bonds is 21.